The normalized spacial score (nSPS) is 10.6. The van der Waals surface area contributed by atoms with Gasteiger partial charge in [-0.1, -0.05) is 0 Å². The minimum Gasteiger partial charge on any atom is -0.481 e. The number of benzene rings is 1. The number of carbonyl (C=O) groups is 1. The summed E-state index contributed by atoms with van der Waals surface area (Å²) in [6.07, 6.45) is 1.24. The third kappa shape index (κ3) is 2.56. The lowest BCUT2D eigenvalue weighted by molar-refractivity contribution is -0.136. The number of rotatable bonds is 3. The summed E-state index contributed by atoms with van der Waals surface area (Å²) in [4.78, 5) is 10.6. The van der Waals surface area contributed by atoms with Crippen LogP contribution in [0.1, 0.15) is 5.69 Å². The highest BCUT2D eigenvalue weighted by molar-refractivity contribution is 9.10. The third-order valence-electron chi connectivity index (χ3n) is 2.23. The second-order valence-corrected chi connectivity index (χ2v) is 4.39. The van der Waals surface area contributed by atoms with Gasteiger partial charge >= 0.3 is 5.97 Å². The summed E-state index contributed by atoms with van der Waals surface area (Å²) < 4.78 is 27.6. The average Bonchev–Trinajstić information content (AvgIpc) is 2.63. The highest BCUT2D eigenvalue weighted by Gasteiger charge is 2.12. The van der Waals surface area contributed by atoms with E-state index < -0.39 is 17.6 Å². The Morgan fingerprint density at radius 1 is 1.39 bits per heavy atom. The second-order valence-electron chi connectivity index (χ2n) is 3.54. The van der Waals surface area contributed by atoms with Crippen LogP contribution in [0.3, 0.4) is 0 Å². The zero-order chi connectivity index (χ0) is 13.3. The lowest BCUT2D eigenvalue weighted by atomic mass is 10.3. The van der Waals surface area contributed by atoms with Gasteiger partial charge in [0, 0.05) is 12.3 Å². The monoisotopic (exact) mass is 316 g/mol. The minimum atomic E-state index is -1.02. The van der Waals surface area contributed by atoms with Crippen LogP contribution in [0.2, 0.25) is 0 Å². The maximum atomic E-state index is 13.1. The van der Waals surface area contributed by atoms with Gasteiger partial charge in [0.25, 0.3) is 0 Å². The van der Waals surface area contributed by atoms with Crippen LogP contribution in [0.5, 0.6) is 0 Å². The Hall–Kier alpha value is -1.76. The topological polar surface area (TPSA) is 55.1 Å². The van der Waals surface area contributed by atoms with Crippen LogP contribution in [0.15, 0.2) is 28.9 Å². The molecule has 1 N–H and O–H groups in total. The number of hydrogen-bond acceptors (Lipinski definition) is 2. The van der Waals surface area contributed by atoms with E-state index in [1.165, 1.54) is 16.9 Å². The van der Waals surface area contributed by atoms with E-state index in [1.54, 1.807) is 0 Å². The summed E-state index contributed by atoms with van der Waals surface area (Å²) >= 11 is 3.16. The largest absolute Gasteiger partial charge is 0.481 e. The molecule has 1 heterocycles. The highest BCUT2D eigenvalue weighted by Crippen LogP contribution is 2.19. The SMILES string of the molecule is O=C(O)Cc1nn(-c2ccc(F)c(F)c2)cc1Br. The first-order valence-corrected chi connectivity index (χ1v) is 5.68. The Kier molecular flexibility index (Phi) is 3.42. The molecule has 4 nitrogen and oxygen atoms in total. The van der Waals surface area contributed by atoms with Crippen LogP contribution < -0.4 is 0 Å². The molecule has 2 aromatic rings. The first kappa shape index (κ1) is 12.7. The minimum absolute atomic E-state index is 0.253. The summed E-state index contributed by atoms with van der Waals surface area (Å²) in [5, 5.41) is 12.7. The van der Waals surface area contributed by atoms with Crippen molar-refractivity contribution in [3.63, 3.8) is 0 Å². The van der Waals surface area contributed by atoms with E-state index >= 15 is 0 Å². The van der Waals surface area contributed by atoms with Crippen molar-refractivity contribution in [1.29, 1.82) is 0 Å². The molecule has 0 amide bonds. The zero-order valence-electron chi connectivity index (χ0n) is 8.90. The van der Waals surface area contributed by atoms with Crippen LogP contribution in [-0.4, -0.2) is 20.9 Å². The van der Waals surface area contributed by atoms with Crippen molar-refractivity contribution < 1.29 is 18.7 Å². The second kappa shape index (κ2) is 4.85. The molecule has 1 aromatic carbocycles. The molecule has 0 saturated carbocycles. The van der Waals surface area contributed by atoms with Gasteiger partial charge in [-0.05, 0) is 28.1 Å². The molecule has 0 radical (unpaired) electrons. The molecule has 7 heteroatoms. The molecule has 18 heavy (non-hydrogen) atoms. The van der Waals surface area contributed by atoms with Gasteiger partial charge in [-0.2, -0.15) is 5.10 Å². The standard InChI is InChI=1S/C11H7BrF2N2O2/c12-7-5-16(15-10(7)4-11(17)18)6-1-2-8(13)9(14)3-6/h1-3,5H,4H2,(H,17,18). The Morgan fingerprint density at radius 2 is 2.11 bits per heavy atom. The molecule has 94 valence electrons. The summed E-state index contributed by atoms with van der Waals surface area (Å²) in [6.45, 7) is 0. The predicted molar refractivity (Wildman–Crippen MR) is 62.5 cm³/mol. The van der Waals surface area contributed by atoms with Crippen LogP contribution in [0.4, 0.5) is 8.78 Å². The summed E-state index contributed by atoms with van der Waals surface area (Å²) in [7, 11) is 0. The Labute approximate surface area is 109 Å². The van der Waals surface area contributed by atoms with E-state index in [2.05, 4.69) is 21.0 Å². The molecule has 0 fully saturated rings. The third-order valence-corrected chi connectivity index (χ3v) is 2.89. The average molecular weight is 317 g/mol. The van der Waals surface area contributed by atoms with Gasteiger partial charge in [-0.3, -0.25) is 4.79 Å². The van der Waals surface area contributed by atoms with Gasteiger partial charge in [0.15, 0.2) is 11.6 Å². The molecule has 0 aliphatic rings. The molecule has 2 rings (SSSR count). The zero-order valence-corrected chi connectivity index (χ0v) is 10.5. The molecule has 0 unspecified atom stereocenters. The molecule has 0 atom stereocenters. The first-order valence-electron chi connectivity index (χ1n) is 4.88. The summed E-state index contributed by atoms with van der Waals surface area (Å²) in [5.41, 5.74) is 0.624. The molecule has 0 spiro atoms. The van der Waals surface area contributed by atoms with Crippen LogP contribution in [0, 0.1) is 11.6 Å². The van der Waals surface area contributed by atoms with E-state index in [0.29, 0.717) is 15.9 Å². The van der Waals surface area contributed by atoms with E-state index in [-0.39, 0.29) is 6.42 Å². The maximum Gasteiger partial charge on any atom is 0.309 e. The Bertz CT molecular complexity index is 613. The van der Waals surface area contributed by atoms with Crippen molar-refractivity contribution >= 4 is 21.9 Å². The lowest BCUT2D eigenvalue weighted by Gasteiger charge is -2.01. The fourth-order valence-electron chi connectivity index (χ4n) is 1.41. The van der Waals surface area contributed by atoms with Gasteiger partial charge < -0.3 is 5.11 Å². The molecule has 0 saturated heterocycles. The first-order chi connectivity index (χ1) is 8.47. The quantitative estimate of drug-likeness (QED) is 0.946. The number of halogens is 3. The lowest BCUT2D eigenvalue weighted by Crippen LogP contribution is -2.03. The van der Waals surface area contributed by atoms with Gasteiger partial charge in [0.05, 0.1) is 22.3 Å². The van der Waals surface area contributed by atoms with Gasteiger partial charge in [0.2, 0.25) is 0 Å². The molecule has 1 aromatic heterocycles. The number of nitrogens with zero attached hydrogens (tertiary/aromatic N) is 2. The number of aliphatic carboxylic acids is 1. The maximum absolute atomic E-state index is 13.1. The van der Waals surface area contributed by atoms with Crippen LogP contribution in [-0.2, 0) is 11.2 Å². The predicted octanol–water partition coefficient (Wildman–Crippen LogP) is 2.54. The molecule has 0 aliphatic heterocycles. The van der Waals surface area contributed by atoms with Crippen molar-refractivity contribution in [2.24, 2.45) is 0 Å². The van der Waals surface area contributed by atoms with E-state index in [4.69, 9.17) is 5.11 Å². The molecule has 0 bridgehead atoms. The summed E-state index contributed by atoms with van der Waals surface area (Å²) in [5.74, 6) is -2.96. The fourth-order valence-corrected chi connectivity index (χ4v) is 1.82. The van der Waals surface area contributed by atoms with E-state index in [0.717, 1.165) is 12.1 Å². The van der Waals surface area contributed by atoms with Crippen molar-refractivity contribution in [2.45, 2.75) is 6.42 Å². The molecule has 0 aliphatic carbocycles. The number of hydrogen-bond donors (Lipinski definition) is 1. The smallest absolute Gasteiger partial charge is 0.309 e. The van der Waals surface area contributed by atoms with Crippen molar-refractivity contribution in [3.05, 3.63) is 46.2 Å². The molecular weight excluding hydrogens is 310 g/mol. The Balaban J connectivity index is 2.39. The van der Waals surface area contributed by atoms with Crippen molar-refractivity contribution in [3.8, 4) is 5.69 Å². The number of carboxylic acid groups (broad SMARTS) is 1. The van der Waals surface area contributed by atoms with E-state index in [9.17, 15) is 13.6 Å². The van der Waals surface area contributed by atoms with Crippen molar-refractivity contribution in [1.82, 2.24) is 9.78 Å². The fraction of sp³-hybridized carbons (Fsp3) is 0.0909. The highest BCUT2D eigenvalue weighted by atomic mass is 79.9. The van der Waals surface area contributed by atoms with Crippen LogP contribution in [0.25, 0.3) is 5.69 Å². The number of carboxylic acids is 1. The van der Waals surface area contributed by atoms with Gasteiger partial charge in [-0.25, -0.2) is 13.5 Å². The van der Waals surface area contributed by atoms with Crippen LogP contribution >= 0.6 is 15.9 Å². The van der Waals surface area contributed by atoms with Crippen molar-refractivity contribution in [2.75, 3.05) is 0 Å². The van der Waals surface area contributed by atoms with Gasteiger partial charge in [-0.15, -0.1) is 0 Å². The number of aromatic nitrogens is 2. The van der Waals surface area contributed by atoms with Gasteiger partial charge in [0.1, 0.15) is 0 Å². The summed E-state index contributed by atoms with van der Waals surface area (Å²) in [6, 6.07) is 3.32. The van der Waals surface area contributed by atoms with E-state index in [1.807, 2.05) is 0 Å². The molecular formula is C11H7BrF2N2O2. The Morgan fingerprint density at radius 3 is 2.72 bits per heavy atom.